The van der Waals surface area contributed by atoms with Crippen LogP contribution in [0.25, 0.3) is 0 Å². The second-order valence-corrected chi connectivity index (χ2v) is 5.82. The van der Waals surface area contributed by atoms with Gasteiger partial charge in [0.25, 0.3) is 0 Å². The first-order valence-electron chi connectivity index (χ1n) is 5.68. The maximum atomic E-state index is 11.9. The lowest BCUT2D eigenvalue weighted by atomic mass is 10.0. The average molecular weight is 260 g/mol. The van der Waals surface area contributed by atoms with Crippen molar-refractivity contribution < 1.29 is 8.42 Å². The minimum atomic E-state index is -3.44. The van der Waals surface area contributed by atoms with Crippen LogP contribution in [0.15, 0.2) is 17.3 Å². The van der Waals surface area contributed by atoms with E-state index < -0.39 is 10.0 Å². The van der Waals surface area contributed by atoms with E-state index in [2.05, 4.69) is 9.82 Å². The zero-order chi connectivity index (χ0) is 12.9. The molecule has 17 heavy (non-hydrogen) atoms. The third-order valence-corrected chi connectivity index (χ3v) is 4.08. The molecule has 0 saturated heterocycles. The van der Waals surface area contributed by atoms with Crippen LogP contribution in [0.5, 0.6) is 0 Å². The third-order valence-electron chi connectivity index (χ3n) is 2.71. The molecule has 0 fully saturated rings. The van der Waals surface area contributed by atoms with Gasteiger partial charge in [-0.25, -0.2) is 13.1 Å². The monoisotopic (exact) mass is 260 g/mol. The predicted molar refractivity (Wildman–Crippen MR) is 65.8 cm³/mol. The fraction of sp³-hybridized carbons (Fsp3) is 0.700. The highest BCUT2D eigenvalue weighted by atomic mass is 32.2. The molecule has 0 saturated carbocycles. The Labute approximate surface area is 102 Å². The molecule has 0 aromatic carbocycles. The molecule has 7 heteroatoms. The summed E-state index contributed by atoms with van der Waals surface area (Å²) in [4.78, 5) is 0.197. The van der Waals surface area contributed by atoms with Crippen molar-refractivity contribution in [1.82, 2.24) is 14.5 Å². The van der Waals surface area contributed by atoms with Crippen molar-refractivity contribution in [2.24, 2.45) is 18.7 Å². The normalized spacial score (nSPS) is 13.8. The van der Waals surface area contributed by atoms with E-state index >= 15 is 0 Å². The Bertz CT molecular complexity index is 441. The Morgan fingerprint density at radius 1 is 1.59 bits per heavy atom. The maximum Gasteiger partial charge on any atom is 0.243 e. The van der Waals surface area contributed by atoms with Gasteiger partial charge >= 0.3 is 0 Å². The largest absolute Gasteiger partial charge is 0.330 e. The van der Waals surface area contributed by atoms with Gasteiger partial charge in [0.15, 0.2) is 0 Å². The number of nitrogens with one attached hydrogen (secondary N) is 1. The Morgan fingerprint density at radius 2 is 2.29 bits per heavy atom. The van der Waals surface area contributed by atoms with Crippen molar-refractivity contribution in [1.29, 1.82) is 0 Å². The number of sulfonamides is 1. The van der Waals surface area contributed by atoms with Crippen LogP contribution in [-0.2, 0) is 17.1 Å². The number of hydrogen-bond donors (Lipinski definition) is 2. The van der Waals surface area contributed by atoms with Crippen molar-refractivity contribution >= 4 is 10.0 Å². The summed E-state index contributed by atoms with van der Waals surface area (Å²) in [6.07, 6.45) is 4.55. The molecule has 0 aliphatic carbocycles. The van der Waals surface area contributed by atoms with Gasteiger partial charge in [-0.3, -0.25) is 4.68 Å². The molecule has 1 heterocycles. The lowest BCUT2D eigenvalue weighted by molar-refractivity contribution is 0.466. The molecule has 3 N–H and O–H groups in total. The van der Waals surface area contributed by atoms with E-state index in [0.29, 0.717) is 13.1 Å². The highest BCUT2D eigenvalue weighted by molar-refractivity contribution is 7.89. The van der Waals surface area contributed by atoms with Gasteiger partial charge in [0.2, 0.25) is 10.0 Å². The van der Waals surface area contributed by atoms with Crippen LogP contribution in [0.3, 0.4) is 0 Å². The quantitative estimate of drug-likeness (QED) is 0.726. The van der Waals surface area contributed by atoms with Gasteiger partial charge in [-0.15, -0.1) is 0 Å². The molecule has 0 bridgehead atoms. The van der Waals surface area contributed by atoms with Crippen molar-refractivity contribution in [3.63, 3.8) is 0 Å². The van der Waals surface area contributed by atoms with E-state index in [-0.39, 0.29) is 10.8 Å². The fourth-order valence-electron chi connectivity index (χ4n) is 1.53. The number of nitrogens with zero attached hydrogens (tertiary/aromatic N) is 2. The smallest absolute Gasteiger partial charge is 0.243 e. The van der Waals surface area contributed by atoms with Crippen LogP contribution in [0.1, 0.15) is 19.8 Å². The third kappa shape index (κ3) is 4.10. The molecule has 0 spiro atoms. The van der Waals surface area contributed by atoms with E-state index in [4.69, 9.17) is 5.73 Å². The Kier molecular flexibility index (Phi) is 5.10. The summed E-state index contributed by atoms with van der Waals surface area (Å²) >= 11 is 0. The summed E-state index contributed by atoms with van der Waals surface area (Å²) in [5.41, 5.74) is 5.47. The summed E-state index contributed by atoms with van der Waals surface area (Å²) in [5.74, 6) is 0.284. The van der Waals surface area contributed by atoms with E-state index in [1.165, 1.54) is 17.1 Å². The maximum absolute atomic E-state index is 11.9. The predicted octanol–water partition coefficient (Wildman–Crippen LogP) is 0.0734. The standard InChI is InChI=1S/C10H20N4O2S/c1-3-9(4-5-11)6-13-17(15,16)10-7-12-14(2)8-10/h7-9,13H,3-6,11H2,1-2H3. The molecule has 6 nitrogen and oxygen atoms in total. The minimum absolute atomic E-state index is 0.197. The van der Waals surface area contributed by atoms with Crippen molar-refractivity contribution in [3.05, 3.63) is 12.4 Å². The van der Waals surface area contributed by atoms with Gasteiger partial charge in [-0.05, 0) is 18.9 Å². The Morgan fingerprint density at radius 3 is 2.76 bits per heavy atom. The first kappa shape index (κ1) is 14.1. The van der Waals surface area contributed by atoms with Gasteiger partial charge in [0, 0.05) is 19.8 Å². The molecule has 0 aliphatic heterocycles. The molecule has 1 unspecified atom stereocenters. The van der Waals surface area contributed by atoms with Gasteiger partial charge in [-0.2, -0.15) is 5.10 Å². The number of rotatable bonds is 7. The summed E-state index contributed by atoms with van der Waals surface area (Å²) in [6, 6.07) is 0. The van der Waals surface area contributed by atoms with Crippen LogP contribution < -0.4 is 10.5 Å². The van der Waals surface area contributed by atoms with Crippen LogP contribution >= 0.6 is 0 Å². The van der Waals surface area contributed by atoms with Crippen molar-refractivity contribution in [2.45, 2.75) is 24.7 Å². The van der Waals surface area contributed by atoms with E-state index in [9.17, 15) is 8.42 Å². The number of aryl methyl sites for hydroxylation is 1. The second-order valence-electron chi connectivity index (χ2n) is 4.05. The van der Waals surface area contributed by atoms with E-state index in [0.717, 1.165) is 12.8 Å². The molecule has 0 amide bonds. The molecular formula is C10H20N4O2S. The lowest BCUT2D eigenvalue weighted by Gasteiger charge is -2.14. The fourth-order valence-corrected chi connectivity index (χ4v) is 2.63. The Balaban J connectivity index is 2.61. The molecule has 1 atom stereocenters. The molecule has 0 aliphatic rings. The SMILES string of the molecule is CCC(CCN)CNS(=O)(=O)c1cnn(C)c1. The van der Waals surface area contributed by atoms with Crippen LogP contribution in [-0.4, -0.2) is 31.3 Å². The topological polar surface area (TPSA) is 90.0 Å². The highest BCUT2D eigenvalue weighted by Gasteiger charge is 2.17. The van der Waals surface area contributed by atoms with E-state index in [1.807, 2.05) is 6.92 Å². The first-order chi connectivity index (χ1) is 7.99. The molecule has 98 valence electrons. The summed E-state index contributed by atoms with van der Waals surface area (Å²) < 4.78 is 27.8. The number of aromatic nitrogens is 2. The summed E-state index contributed by atoms with van der Waals surface area (Å²) in [5, 5.41) is 3.84. The summed E-state index contributed by atoms with van der Waals surface area (Å²) in [6.45, 7) is 3.02. The van der Waals surface area contributed by atoms with Gasteiger partial charge < -0.3 is 5.73 Å². The van der Waals surface area contributed by atoms with Crippen LogP contribution in [0.2, 0.25) is 0 Å². The molecule has 1 rings (SSSR count). The van der Waals surface area contributed by atoms with Crippen molar-refractivity contribution in [2.75, 3.05) is 13.1 Å². The zero-order valence-corrected chi connectivity index (χ0v) is 11.1. The first-order valence-corrected chi connectivity index (χ1v) is 7.16. The summed E-state index contributed by atoms with van der Waals surface area (Å²) in [7, 11) is -1.75. The molecular weight excluding hydrogens is 240 g/mol. The van der Waals surface area contributed by atoms with Gasteiger partial charge in [0.05, 0.1) is 6.20 Å². The molecule has 1 aromatic heterocycles. The molecule has 0 radical (unpaired) electrons. The van der Waals surface area contributed by atoms with Crippen molar-refractivity contribution in [3.8, 4) is 0 Å². The highest BCUT2D eigenvalue weighted by Crippen LogP contribution is 2.09. The molecule has 1 aromatic rings. The second kappa shape index (κ2) is 6.13. The van der Waals surface area contributed by atoms with Crippen LogP contribution in [0, 0.1) is 5.92 Å². The number of nitrogens with two attached hydrogens (primary N) is 1. The average Bonchev–Trinajstić information content (AvgIpc) is 2.72. The zero-order valence-electron chi connectivity index (χ0n) is 10.3. The number of hydrogen-bond acceptors (Lipinski definition) is 4. The van der Waals surface area contributed by atoms with Gasteiger partial charge in [-0.1, -0.05) is 13.3 Å². The minimum Gasteiger partial charge on any atom is -0.330 e. The lowest BCUT2D eigenvalue weighted by Crippen LogP contribution is -2.30. The van der Waals surface area contributed by atoms with Gasteiger partial charge in [0.1, 0.15) is 4.90 Å². The van der Waals surface area contributed by atoms with Crippen LogP contribution in [0.4, 0.5) is 0 Å². The Hall–Kier alpha value is -0.920. The van der Waals surface area contributed by atoms with E-state index in [1.54, 1.807) is 7.05 Å².